The van der Waals surface area contributed by atoms with Crippen molar-refractivity contribution in [1.29, 1.82) is 0 Å². The monoisotopic (exact) mass is 313 g/mol. The molecule has 0 amide bonds. The SMILES string of the molecule is CCN(CCOc1ccccc1C(C)C)c1cccc(OC)c1. The maximum Gasteiger partial charge on any atom is 0.122 e. The highest BCUT2D eigenvalue weighted by Crippen LogP contribution is 2.26. The number of methoxy groups -OCH3 is 1. The van der Waals surface area contributed by atoms with Crippen LogP contribution in [0.5, 0.6) is 11.5 Å². The second-order valence-corrected chi connectivity index (χ2v) is 5.82. The molecular weight excluding hydrogens is 286 g/mol. The van der Waals surface area contributed by atoms with Crippen molar-refractivity contribution in [3.63, 3.8) is 0 Å². The minimum Gasteiger partial charge on any atom is -0.497 e. The van der Waals surface area contributed by atoms with Gasteiger partial charge in [0.05, 0.1) is 13.7 Å². The minimum atomic E-state index is 0.465. The molecule has 2 rings (SSSR count). The molecule has 0 fully saturated rings. The average molecular weight is 313 g/mol. The van der Waals surface area contributed by atoms with Gasteiger partial charge in [0.1, 0.15) is 18.1 Å². The number of hydrogen-bond donors (Lipinski definition) is 0. The van der Waals surface area contributed by atoms with E-state index in [0.29, 0.717) is 12.5 Å². The van der Waals surface area contributed by atoms with Gasteiger partial charge in [-0.15, -0.1) is 0 Å². The fraction of sp³-hybridized carbons (Fsp3) is 0.400. The zero-order chi connectivity index (χ0) is 16.7. The maximum atomic E-state index is 6.04. The summed E-state index contributed by atoms with van der Waals surface area (Å²) < 4.78 is 11.3. The fourth-order valence-corrected chi connectivity index (χ4v) is 2.63. The van der Waals surface area contributed by atoms with Gasteiger partial charge in [-0.3, -0.25) is 0 Å². The van der Waals surface area contributed by atoms with E-state index >= 15 is 0 Å². The first-order chi connectivity index (χ1) is 11.2. The molecule has 3 nitrogen and oxygen atoms in total. The molecular formula is C20H27NO2. The lowest BCUT2D eigenvalue weighted by molar-refractivity contribution is 0.319. The van der Waals surface area contributed by atoms with Gasteiger partial charge < -0.3 is 14.4 Å². The van der Waals surface area contributed by atoms with E-state index in [2.05, 4.69) is 56.0 Å². The van der Waals surface area contributed by atoms with E-state index in [1.54, 1.807) is 7.11 Å². The third-order valence-corrected chi connectivity index (χ3v) is 3.96. The molecule has 0 aliphatic carbocycles. The van der Waals surface area contributed by atoms with E-state index in [1.165, 1.54) is 5.56 Å². The van der Waals surface area contributed by atoms with E-state index in [4.69, 9.17) is 9.47 Å². The molecule has 0 heterocycles. The molecule has 0 aliphatic rings. The highest BCUT2D eigenvalue weighted by atomic mass is 16.5. The van der Waals surface area contributed by atoms with Crippen molar-refractivity contribution in [1.82, 2.24) is 0 Å². The lowest BCUT2D eigenvalue weighted by Gasteiger charge is -2.24. The highest BCUT2D eigenvalue weighted by Gasteiger charge is 2.09. The summed E-state index contributed by atoms with van der Waals surface area (Å²) in [5, 5.41) is 0. The number of ether oxygens (including phenoxy) is 2. The summed E-state index contributed by atoms with van der Waals surface area (Å²) in [6, 6.07) is 16.4. The zero-order valence-corrected chi connectivity index (χ0v) is 14.6. The lowest BCUT2D eigenvalue weighted by atomic mass is 10.0. The van der Waals surface area contributed by atoms with Gasteiger partial charge in [0.2, 0.25) is 0 Å². The van der Waals surface area contributed by atoms with Crippen molar-refractivity contribution in [3.05, 3.63) is 54.1 Å². The van der Waals surface area contributed by atoms with E-state index in [1.807, 2.05) is 18.2 Å². The van der Waals surface area contributed by atoms with Gasteiger partial charge in [0.25, 0.3) is 0 Å². The number of benzene rings is 2. The molecule has 0 N–H and O–H groups in total. The molecule has 0 saturated carbocycles. The van der Waals surface area contributed by atoms with Gasteiger partial charge >= 0.3 is 0 Å². The predicted molar refractivity (Wildman–Crippen MR) is 96.9 cm³/mol. The molecule has 124 valence electrons. The van der Waals surface area contributed by atoms with Gasteiger partial charge in [0, 0.05) is 18.3 Å². The summed E-state index contributed by atoms with van der Waals surface area (Å²) in [7, 11) is 1.70. The fourth-order valence-electron chi connectivity index (χ4n) is 2.63. The Morgan fingerprint density at radius 1 is 1.04 bits per heavy atom. The number of rotatable bonds is 8. The van der Waals surface area contributed by atoms with Crippen LogP contribution in [0.2, 0.25) is 0 Å². The molecule has 0 spiro atoms. The van der Waals surface area contributed by atoms with Crippen molar-refractivity contribution in [2.24, 2.45) is 0 Å². The highest BCUT2D eigenvalue weighted by molar-refractivity contribution is 5.50. The van der Waals surface area contributed by atoms with Crippen molar-refractivity contribution < 1.29 is 9.47 Å². The summed E-state index contributed by atoms with van der Waals surface area (Å²) in [4.78, 5) is 2.29. The molecule has 0 aromatic heterocycles. The third-order valence-electron chi connectivity index (χ3n) is 3.96. The van der Waals surface area contributed by atoms with Crippen molar-refractivity contribution in [3.8, 4) is 11.5 Å². The van der Waals surface area contributed by atoms with Gasteiger partial charge in [-0.05, 0) is 36.6 Å². The van der Waals surface area contributed by atoms with Gasteiger partial charge in [0.15, 0.2) is 0 Å². The van der Waals surface area contributed by atoms with Gasteiger partial charge in [-0.2, -0.15) is 0 Å². The number of nitrogens with zero attached hydrogens (tertiary/aromatic N) is 1. The number of anilines is 1. The van der Waals surface area contributed by atoms with Crippen LogP contribution >= 0.6 is 0 Å². The molecule has 2 aromatic carbocycles. The zero-order valence-electron chi connectivity index (χ0n) is 14.6. The van der Waals surface area contributed by atoms with Crippen molar-refractivity contribution in [2.45, 2.75) is 26.7 Å². The Bertz CT molecular complexity index is 610. The van der Waals surface area contributed by atoms with Gasteiger partial charge in [-0.25, -0.2) is 0 Å². The molecule has 0 bridgehead atoms. The van der Waals surface area contributed by atoms with E-state index in [-0.39, 0.29) is 0 Å². The van der Waals surface area contributed by atoms with Crippen molar-refractivity contribution in [2.75, 3.05) is 31.7 Å². The standard InChI is InChI=1S/C20H27NO2/c1-5-21(17-9-8-10-18(15-17)22-4)13-14-23-20-12-7-6-11-19(20)16(2)3/h6-12,15-16H,5,13-14H2,1-4H3. The van der Waals surface area contributed by atoms with Crippen LogP contribution in [0.4, 0.5) is 5.69 Å². The average Bonchev–Trinajstić information content (AvgIpc) is 2.59. The number of para-hydroxylation sites is 1. The Hall–Kier alpha value is -2.16. The quantitative estimate of drug-likeness (QED) is 0.703. The van der Waals surface area contributed by atoms with E-state index < -0.39 is 0 Å². The normalized spacial score (nSPS) is 10.7. The number of likely N-dealkylation sites (N-methyl/N-ethyl adjacent to an activating group) is 1. The third kappa shape index (κ3) is 4.65. The summed E-state index contributed by atoms with van der Waals surface area (Å²) in [5.41, 5.74) is 2.42. The second kappa shape index (κ2) is 8.47. The Morgan fingerprint density at radius 3 is 2.52 bits per heavy atom. The second-order valence-electron chi connectivity index (χ2n) is 5.82. The van der Waals surface area contributed by atoms with Crippen LogP contribution in [0.1, 0.15) is 32.3 Å². The van der Waals surface area contributed by atoms with Crippen LogP contribution in [-0.4, -0.2) is 26.8 Å². The largest absolute Gasteiger partial charge is 0.497 e. The van der Waals surface area contributed by atoms with Crippen LogP contribution < -0.4 is 14.4 Å². The molecule has 0 saturated heterocycles. The first kappa shape index (κ1) is 17.2. The molecule has 0 radical (unpaired) electrons. The van der Waals surface area contributed by atoms with Crippen LogP contribution in [0.25, 0.3) is 0 Å². The molecule has 2 aromatic rings. The Morgan fingerprint density at radius 2 is 1.83 bits per heavy atom. The first-order valence-corrected chi connectivity index (χ1v) is 8.26. The van der Waals surface area contributed by atoms with E-state index in [0.717, 1.165) is 30.3 Å². The van der Waals surface area contributed by atoms with Crippen molar-refractivity contribution >= 4 is 5.69 Å². The minimum absolute atomic E-state index is 0.465. The topological polar surface area (TPSA) is 21.7 Å². The Labute approximate surface area is 139 Å². The Kier molecular flexibility index (Phi) is 6.33. The van der Waals surface area contributed by atoms with Crippen LogP contribution in [0.15, 0.2) is 48.5 Å². The molecule has 0 unspecified atom stereocenters. The molecule has 23 heavy (non-hydrogen) atoms. The molecule has 0 aliphatic heterocycles. The molecule has 0 atom stereocenters. The predicted octanol–water partition coefficient (Wildman–Crippen LogP) is 4.72. The summed E-state index contributed by atoms with van der Waals surface area (Å²) >= 11 is 0. The van der Waals surface area contributed by atoms with E-state index in [9.17, 15) is 0 Å². The van der Waals surface area contributed by atoms with Crippen LogP contribution in [0, 0.1) is 0 Å². The lowest BCUT2D eigenvalue weighted by Crippen LogP contribution is -2.28. The van der Waals surface area contributed by atoms with Gasteiger partial charge in [-0.1, -0.05) is 38.1 Å². The Balaban J connectivity index is 1.99. The summed E-state index contributed by atoms with van der Waals surface area (Å²) in [6.07, 6.45) is 0. The first-order valence-electron chi connectivity index (χ1n) is 8.26. The smallest absolute Gasteiger partial charge is 0.122 e. The van der Waals surface area contributed by atoms with Crippen LogP contribution in [-0.2, 0) is 0 Å². The summed E-state index contributed by atoms with van der Waals surface area (Å²) in [5.74, 6) is 2.34. The number of hydrogen-bond acceptors (Lipinski definition) is 3. The maximum absolute atomic E-state index is 6.04. The summed E-state index contributed by atoms with van der Waals surface area (Å²) in [6.45, 7) is 8.97. The van der Waals surface area contributed by atoms with Crippen LogP contribution in [0.3, 0.4) is 0 Å². The molecule has 3 heteroatoms.